The van der Waals surface area contributed by atoms with E-state index >= 15 is 0 Å². The van der Waals surface area contributed by atoms with Gasteiger partial charge in [-0.3, -0.25) is 4.79 Å². The summed E-state index contributed by atoms with van der Waals surface area (Å²) in [6.45, 7) is 3.83. The number of rotatable bonds is 2. The van der Waals surface area contributed by atoms with Crippen LogP contribution in [0, 0.1) is 25.2 Å². The van der Waals surface area contributed by atoms with Gasteiger partial charge in [0.25, 0.3) is 5.56 Å². The molecule has 0 amide bonds. The first-order chi connectivity index (χ1) is 9.06. The lowest BCUT2D eigenvalue weighted by atomic mass is 10.0. The van der Waals surface area contributed by atoms with Gasteiger partial charge in [0, 0.05) is 5.56 Å². The highest BCUT2D eigenvalue weighted by Crippen LogP contribution is 2.31. The van der Waals surface area contributed by atoms with E-state index in [1.165, 1.54) is 0 Å². The fraction of sp³-hybridized carbons (Fsp3) is 0.200. The van der Waals surface area contributed by atoms with Gasteiger partial charge < -0.3 is 9.72 Å². The van der Waals surface area contributed by atoms with E-state index in [1.54, 1.807) is 13.2 Å². The molecule has 0 aliphatic rings. The number of nitrogens with one attached hydrogen (secondary N) is 1. The molecule has 0 fully saturated rings. The molecular weight excluding hydrogens is 240 g/mol. The lowest BCUT2D eigenvalue weighted by Crippen LogP contribution is -2.12. The first kappa shape index (κ1) is 12.9. The molecule has 2 aromatic rings. The highest BCUT2D eigenvalue weighted by Gasteiger charge is 2.12. The zero-order valence-electron chi connectivity index (χ0n) is 11.1. The van der Waals surface area contributed by atoms with Crippen molar-refractivity contribution in [1.82, 2.24) is 4.98 Å². The molecule has 1 N–H and O–H groups in total. The van der Waals surface area contributed by atoms with Crippen molar-refractivity contribution in [3.05, 3.63) is 51.3 Å². The van der Waals surface area contributed by atoms with Gasteiger partial charge in [-0.15, -0.1) is 0 Å². The summed E-state index contributed by atoms with van der Waals surface area (Å²) in [7, 11) is 1.59. The SMILES string of the molecule is COc1ccc(C)cc1-c1[nH]c(=O)c(C#N)cc1C. The summed E-state index contributed by atoms with van der Waals surface area (Å²) in [5.41, 5.74) is 3.14. The van der Waals surface area contributed by atoms with Crippen molar-refractivity contribution in [2.75, 3.05) is 7.11 Å². The van der Waals surface area contributed by atoms with Crippen molar-refractivity contribution < 1.29 is 4.74 Å². The number of nitriles is 1. The third kappa shape index (κ3) is 2.36. The Morgan fingerprint density at radius 3 is 2.63 bits per heavy atom. The molecule has 19 heavy (non-hydrogen) atoms. The van der Waals surface area contributed by atoms with Crippen molar-refractivity contribution in [2.24, 2.45) is 0 Å². The lowest BCUT2D eigenvalue weighted by molar-refractivity contribution is 0.416. The Balaban J connectivity index is 2.73. The molecule has 0 radical (unpaired) electrons. The molecule has 4 heteroatoms. The van der Waals surface area contributed by atoms with Crippen LogP contribution in [0.1, 0.15) is 16.7 Å². The van der Waals surface area contributed by atoms with Gasteiger partial charge in [0.15, 0.2) is 0 Å². The quantitative estimate of drug-likeness (QED) is 0.895. The average molecular weight is 254 g/mol. The second-order valence-electron chi connectivity index (χ2n) is 4.39. The Morgan fingerprint density at radius 2 is 2.00 bits per heavy atom. The van der Waals surface area contributed by atoms with E-state index in [0.717, 1.165) is 16.7 Å². The molecule has 0 saturated heterocycles. The van der Waals surface area contributed by atoms with E-state index in [4.69, 9.17) is 10.00 Å². The van der Waals surface area contributed by atoms with Crippen LogP contribution in [0.4, 0.5) is 0 Å². The van der Waals surface area contributed by atoms with Crippen molar-refractivity contribution in [3.8, 4) is 23.1 Å². The Kier molecular flexibility index (Phi) is 3.39. The topological polar surface area (TPSA) is 65.9 Å². The maximum absolute atomic E-state index is 11.8. The summed E-state index contributed by atoms with van der Waals surface area (Å²) in [4.78, 5) is 14.5. The first-order valence-electron chi connectivity index (χ1n) is 5.86. The molecule has 0 unspecified atom stereocenters. The minimum atomic E-state index is -0.383. The Bertz CT molecular complexity index is 724. The third-order valence-corrected chi connectivity index (χ3v) is 2.98. The number of pyridine rings is 1. The molecule has 0 bridgehead atoms. The van der Waals surface area contributed by atoms with Crippen molar-refractivity contribution in [3.63, 3.8) is 0 Å². The maximum atomic E-state index is 11.8. The van der Waals surface area contributed by atoms with Gasteiger partial charge in [-0.1, -0.05) is 11.6 Å². The monoisotopic (exact) mass is 254 g/mol. The van der Waals surface area contributed by atoms with E-state index in [-0.39, 0.29) is 11.1 Å². The minimum absolute atomic E-state index is 0.118. The van der Waals surface area contributed by atoms with E-state index < -0.39 is 0 Å². The van der Waals surface area contributed by atoms with Gasteiger partial charge in [0.05, 0.1) is 12.8 Å². The third-order valence-electron chi connectivity index (χ3n) is 2.98. The fourth-order valence-electron chi connectivity index (χ4n) is 2.01. The van der Waals surface area contributed by atoms with E-state index in [1.807, 2.05) is 38.1 Å². The normalized spacial score (nSPS) is 10.0. The van der Waals surface area contributed by atoms with E-state index in [2.05, 4.69) is 4.98 Å². The number of hydrogen-bond acceptors (Lipinski definition) is 3. The van der Waals surface area contributed by atoms with Crippen LogP contribution in [0.15, 0.2) is 29.1 Å². The number of aryl methyl sites for hydroxylation is 2. The van der Waals surface area contributed by atoms with Crippen molar-refractivity contribution in [2.45, 2.75) is 13.8 Å². The summed E-state index contributed by atoms with van der Waals surface area (Å²) >= 11 is 0. The summed E-state index contributed by atoms with van der Waals surface area (Å²) in [5, 5.41) is 8.85. The molecule has 0 aliphatic carbocycles. The van der Waals surface area contributed by atoms with Gasteiger partial charge >= 0.3 is 0 Å². The number of nitrogens with zero attached hydrogens (tertiary/aromatic N) is 1. The van der Waals surface area contributed by atoms with Crippen LogP contribution < -0.4 is 10.3 Å². The molecule has 2 rings (SSSR count). The van der Waals surface area contributed by atoms with Crippen LogP contribution in [0.3, 0.4) is 0 Å². The van der Waals surface area contributed by atoms with E-state index in [9.17, 15) is 4.79 Å². The maximum Gasteiger partial charge on any atom is 0.266 e. The molecule has 1 heterocycles. The summed E-state index contributed by atoms with van der Waals surface area (Å²) in [6.07, 6.45) is 0. The fourth-order valence-corrected chi connectivity index (χ4v) is 2.01. The number of aromatic amines is 1. The average Bonchev–Trinajstić information content (AvgIpc) is 2.40. The molecule has 4 nitrogen and oxygen atoms in total. The number of methoxy groups -OCH3 is 1. The Morgan fingerprint density at radius 1 is 1.26 bits per heavy atom. The van der Waals surface area contributed by atoms with Gasteiger partial charge in [-0.2, -0.15) is 5.26 Å². The Hall–Kier alpha value is -2.54. The number of H-pyrrole nitrogens is 1. The number of benzene rings is 1. The molecule has 1 aromatic carbocycles. The zero-order valence-corrected chi connectivity index (χ0v) is 11.1. The van der Waals surface area contributed by atoms with Crippen molar-refractivity contribution in [1.29, 1.82) is 5.26 Å². The van der Waals surface area contributed by atoms with Crippen LogP contribution in [0.2, 0.25) is 0 Å². The Labute approximate surface area is 111 Å². The molecule has 96 valence electrons. The molecular formula is C15H14N2O2. The van der Waals surface area contributed by atoms with Crippen LogP contribution in [0.5, 0.6) is 5.75 Å². The smallest absolute Gasteiger partial charge is 0.266 e. The second kappa shape index (κ2) is 4.99. The van der Waals surface area contributed by atoms with Gasteiger partial charge in [0.1, 0.15) is 17.4 Å². The molecule has 0 atom stereocenters. The number of aromatic nitrogens is 1. The van der Waals surface area contributed by atoms with Gasteiger partial charge in [0.2, 0.25) is 0 Å². The van der Waals surface area contributed by atoms with Gasteiger partial charge in [-0.05, 0) is 37.6 Å². The first-order valence-corrected chi connectivity index (χ1v) is 5.86. The van der Waals surface area contributed by atoms with Crippen LogP contribution in [0.25, 0.3) is 11.3 Å². The van der Waals surface area contributed by atoms with Gasteiger partial charge in [-0.25, -0.2) is 0 Å². The highest BCUT2D eigenvalue weighted by atomic mass is 16.5. The largest absolute Gasteiger partial charge is 0.496 e. The molecule has 0 spiro atoms. The minimum Gasteiger partial charge on any atom is -0.496 e. The number of ether oxygens (including phenoxy) is 1. The molecule has 1 aromatic heterocycles. The summed E-state index contributed by atoms with van der Waals surface area (Å²) < 4.78 is 5.32. The van der Waals surface area contributed by atoms with Crippen molar-refractivity contribution >= 4 is 0 Å². The lowest BCUT2D eigenvalue weighted by Gasteiger charge is -2.11. The van der Waals surface area contributed by atoms with Crippen LogP contribution in [-0.2, 0) is 0 Å². The second-order valence-corrected chi connectivity index (χ2v) is 4.39. The summed E-state index contributed by atoms with van der Waals surface area (Å²) in [5.74, 6) is 0.689. The van der Waals surface area contributed by atoms with Crippen LogP contribution in [-0.4, -0.2) is 12.1 Å². The van der Waals surface area contributed by atoms with E-state index in [0.29, 0.717) is 11.4 Å². The zero-order chi connectivity index (χ0) is 14.0. The summed E-state index contributed by atoms with van der Waals surface area (Å²) in [6, 6.07) is 9.23. The molecule has 0 saturated carbocycles. The number of hydrogen-bond donors (Lipinski definition) is 1. The highest BCUT2D eigenvalue weighted by molar-refractivity contribution is 5.71. The molecule has 0 aliphatic heterocycles. The predicted octanol–water partition coefficient (Wildman–Crippen LogP) is 2.54. The predicted molar refractivity (Wildman–Crippen MR) is 73.2 cm³/mol. The van der Waals surface area contributed by atoms with Crippen LogP contribution >= 0.6 is 0 Å². The standard InChI is InChI=1S/C15H14N2O2/c1-9-4-5-13(19-3)12(6-9)14-10(2)7-11(8-16)15(18)17-14/h4-7H,1-3H3,(H,17,18).